The second kappa shape index (κ2) is 13.0. The smallest absolute Gasteiger partial charge is 0.0547 e. The van der Waals surface area contributed by atoms with Crippen molar-refractivity contribution in [1.29, 1.82) is 0 Å². The highest BCUT2D eigenvalue weighted by Crippen LogP contribution is 2.52. The van der Waals surface area contributed by atoms with Gasteiger partial charge in [-0.05, 0) is 104 Å². The Morgan fingerprint density at radius 2 is 1.02 bits per heavy atom. The molecule has 0 atom stereocenters. The number of rotatable bonds is 6. The highest BCUT2D eigenvalue weighted by molar-refractivity contribution is 6.12. The van der Waals surface area contributed by atoms with Crippen LogP contribution in [-0.4, -0.2) is 4.57 Å². The lowest BCUT2D eigenvalue weighted by atomic mass is 9.82. The summed E-state index contributed by atoms with van der Waals surface area (Å²) in [5, 5.41) is 4.93. The van der Waals surface area contributed by atoms with Crippen molar-refractivity contribution >= 4 is 49.6 Å². The van der Waals surface area contributed by atoms with Crippen LogP contribution in [0.4, 0.5) is 17.1 Å². The molecule has 1 heterocycles. The summed E-state index contributed by atoms with van der Waals surface area (Å²) >= 11 is 0. The Balaban J connectivity index is 1.18. The van der Waals surface area contributed by atoms with Crippen molar-refractivity contribution in [2.45, 2.75) is 19.3 Å². The normalized spacial score (nSPS) is 12.9. The summed E-state index contributed by atoms with van der Waals surface area (Å²) in [4.78, 5) is 2.48. The van der Waals surface area contributed by atoms with E-state index >= 15 is 0 Å². The maximum Gasteiger partial charge on any atom is 0.0547 e. The van der Waals surface area contributed by atoms with Crippen molar-refractivity contribution in [2.24, 2.45) is 0 Å². The molecular weight excluding hydrogens is 689 g/mol. The van der Waals surface area contributed by atoms with Gasteiger partial charge in [0.15, 0.2) is 0 Å². The first-order chi connectivity index (χ1) is 28.0. The van der Waals surface area contributed by atoms with E-state index in [9.17, 15) is 0 Å². The molecule has 2 heteroatoms. The first kappa shape index (κ1) is 33.2. The number of para-hydroxylation sites is 2. The van der Waals surface area contributed by atoms with Crippen molar-refractivity contribution in [1.82, 2.24) is 4.57 Å². The van der Waals surface area contributed by atoms with Crippen LogP contribution in [0.25, 0.3) is 71.6 Å². The zero-order chi connectivity index (χ0) is 38.1. The predicted octanol–water partition coefficient (Wildman–Crippen LogP) is 15.0. The van der Waals surface area contributed by atoms with Crippen LogP contribution in [0, 0.1) is 0 Å². The second-order valence-electron chi connectivity index (χ2n) is 15.7. The summed E-state index contributed by atoms with van der Waals surface area (Å²) in [5.41, 5.74) is 17.0. The molecule has 0 unspecified atom stereocenters. The highest BCUT2D eigenvalue weighted by Gasteiger charge is 2.36. The summed E-state index contributed by atoms with van der Waals surface area (Å²) < 4.78 is 2.42. The molecule has 57 heavy (non-hydrogen) atoms. The SMILES string of the molecule is CC1(C)c2ccccc2-c2ccc(N(c3ccc(-c4ccccc4)cc3)c3ccc4ccccc4c3-c3ccc4c5ccccc5n(-c5ccccc5)c4c3)cc21. The molecule has 0 saturated heterocycles. The Bertz CT molecular complexity index is 3130. The number of benzene rings is 9. The number of fused-ring (bicyclic) bond motifs is 7. The van der Waals surface area contributed by atoms with Gasteiger partial charge in [-0.1, -0.05) is 166 Å². The summed E-state index contributed by atoms with van der Waals surface area (Å²) in [6.07, 6.45) is 0. The van der Waals surface area contributed by atoms with Gasteiger partial charge in [0, 0.05) is 38.8 Å². The maximum absolute atomic E-state index is 2.48. The fourth-order valence-electron chi connectivity index (χ4n) is 9.42. The fourth-order valence-corrected chi connectivity index (χ4v) is 9.42. The van der Waals surface area contributed by atoms with E-state index in [4.69, 9.17) is 0 Å². The van der Waals surface area contributed by atoms with E-state index in [2.05, 4.69) is 230 Å². The lowest BCUT2D eigenvalue weighted by Gasteiger charge is -2.30. The van der Waals surface area contributed by atoms with Crippen LogP contribution in [0.5, 0.6) is 0 Å². The molecule has 10 aromatic rings. The van der Waals surface area contributed by atoms with Crippen LogP contribution in [0.15, 0.2) is 206 Å². The predicted molar refractivity (Wildman–Crippen MR) is 241 cm³/mol. The molecule has 9 aromatic carbocycles. The van der Waals surface area contributed by atoms with Crippen LogP contribution in [0.3, 0.4) is 0 Å². The van der Waals surface area contributed by atoms with E-state index in [1.165, 1.54) is 77.1 Å². The van der Waals surface area contributed by atoms with Crippen LogP contribution in [-0.2, 0) is 5.41 Å². The molecule has 0 radical (unpaired) electrons. The third-order valence-corrected chi connectivity index (χ3v) is 12.2. The summed E-state index contributed by atoms with van der Waals surface area (Å²) in [6.45, 7) is 4.73. The molecule has 0 aliphatic heterocycles. The minimum Gasteiger partial charge on any atom is -0.310 e. The van der Waals surface area contributed by atoms with E-state index in [0.29, 0.717) is 0 Å². The molecule has 270 valence electrons. The largest absolute Gasteiger partial charge is 0.310 e. The Labute approximate surface area is 333 Å². The second-order valence-corrected chi connectivity index (χ2v) is 15.7. The van der Waals surface area contributed by atoms with Gasteiger partial charge in [-0.15, -0.1) is 0 Å². The molecule has 2 nitrogen and oxygen atoms in total. The van der Waals surface area contributed by atoms with Gasteiger partial charge in [0.05, 0.1) is 16.7 Å². The first-order valence-corrected chi connectivity index (χ1v) is 19.9. The van der Waals surface area contributed by atoms with Crippen LogP contribution in [0.1, 0.15) is 25.0 Å². The van der Waals surface area contributed by atoms with Crippen LogP contribution >= 0.6 is 0 Å². The minimum absolute atomic E-state index is 0.132. The average molecular weight is 729 g/mol. The monoisotopic (exact) mass is 728 g/mol. The fraction of sp³-hybridized carbons (Fsp3) is 0.0545. The first-order valence-electron chi connectivity index (χ1n) is 19.9. The van der Waals surface area contributed by atoms with Gasteiger partial charge in [0.2, 0.25) is 0 Å². The molecule has 0 spiro atoms. The molecule has 0 fully saturated rings. The van der Waals surface area contributed by atoms with E-state index in [1.54, 1.807) is 0 Å². The van der Waals surface area contributed by atoms with Gasteiger partial charge in [-0.3, -0.25) is 0 Å². The van der Waals surface area contributed by atoms with Crippen LogP contribution in [0.2, 0.25) is 0 Å². The molecule has 1 aliphatic carbocycles. The zero-order valence-electron chi connectivity index (χ0n) is 32.0. The average Bonchev–Trinajstić information content (AvgIpc) is 3.72. The summed E-state index contributed by atoms with van der Waals surface area (Å²) in [5.74, 6) is 0. The molecule has 11 rings (SSSR count). The van der Waals surface area contributed by atoms with Crippen molar-refractivity contribution in [3.05, 3.63) is 217 Å². The maximum atomic E-state index is 2.48. The Morgan fingerprint density at radius 3 is 1.84 bits per heavy atom. The topological polar surface area (TPSA) is 8.17 Å². The molecule has 0 N–H and O–H groups in total. The van der Waals surface area contributed by atoms with E-state index in [0.717, 1.165) is 22.7 Å². The number of nitrogens with zero attached hydrogens (tertiary/aromatic N) is 2. The molecule has 0 amide bonds. The Kier molecular flexibility index (Phi) is 7.55. The lowest BCUT2D eigenvalue weighted by molar-refractivity contribution is 0.660. The van der Waals surface area contributed by atoms with Gasteiger partial charge in [0.25, 0.3) is 0 Å². The standard InChI is InChI=1S/C55H40N2/c1-55(2)49-23-13-11-21-45(49)46-33-31-43(36-50(46)55)56(42-29-25-38(26-30-42)37-15-5-3-6-16-37)52-34-28-39-17-9-10-20-44(39)54(52)40-27-32-48-47-22-12-14-24-51(47)57(53(48)35-40)41-18-7-4-8-19-41/h3-36H,1-2H3. The Hall–Kier alpha value is -7.16. The summed E-state index contributed by atoms with van der Waals surface area (Å²) in [7, 11) is 0. The van der Waals surface area contributed by atoms with Crippen molar-refractivity contribution in [3.8, 4) is 39.1 Å². The van der Waals surface area contributed by atoms with Gasteiger partial charge in [0.1, 0.15) is 0 Å². The van der Waals surface area contributed by atoms with Crippen LogP contribution < -0.4 is 4.90 Å². The molecule has 1 aromatic heterocycles. The van der Waals surface area contributed by atoms with Crippen molar-refractivity contribution < 1.29 is 0 Å². The lowest BCUT2D eigenvalue weighted by Crippen LogP contribution is -2.17. The van der Waals surface area contributed by atoms with Crippen molar-refractivity contribution in [2.75, 3.05) is 4.90 Å². The number of hydrogen-bond acceptors (Lipinski definition) is 1. The highest BCUT2D eigenvalue weighted by atomic mass is 15.1. The molecule has 0 saturated carbocycles. The number of hydrogen-bond donors (Lipinski definition) is 0. The van der Waals surface area contributed by atoms with Gasteiger partial charge >= 0.3 is 0 Å². The minimum atomic E-state index is -0.132. The van der Waals surface area contributed by atoms with Crippen molar-refractivity contribution in [3.63, 3.8) is 0 Å². The van der Waals surface area contributed by atoms with E-state index < -0.39 is 0 Å². The quantitative estimate of drug-likeness (QED) is 0.165. The zero-order valence-corrected chi connectivity index (χ0v) is 32.0. The third kappa shape index (κ3) is 5.25. The van der Waals surface area contributed by atoms with Gasteiger partial charge < -0.3 is 9.47 Å². The van der Waals surface area contributed by atoms with E-state index in [-0.39, 0.29) is 5.41 Å². The van der Waals surface area contributed by atoms with Gasteiger partial charge in [-0.2, -0.15) is 0 Å². The van der Waals surface area contributed by atoms with Gasteiger partial charge in [-0.25, -0.2) is 0 Å². The summed E-state index contributed by atoms with van der Waals surface area (Å²) in [6, 6.07) is 75.7. The van der Waals surface area contributed by atoms with E-state index in [1.807, 2.05) is 0 Å². The third-order valence-electron chi connectivity index (χ3n) is 12.2. The number of anilines is 3. The number of aromatic nitrogens is 1. The Morgan fingerprint density at radius 1 is 0.404 bits per heavy atom. The molecule has 0 bridgehead atoms. The molecular formula is C55H40N2. The molecule has 1 aliphatic rings.